The first-order valence-electron chi connectivity index (χ1n) is 4.81. The normalized spacial score (nSPS) is 13.1. The molecule has 0 aromatic carbocycles. The molecule has 0 amide bonds. The largest absolute Gasteiger partial charge is 0.411 e. The van der Waals surface area contributed by atoms with E-state index in [1.807, 2.05) is 0 Å². The Morgan fingerprint density at radius 3 is 2.20 bits per heavy atom. The molecule has 0 aliphatic carbocycles. The van der Waals surface area contributed by atoms with Crippen molar-refractivity contribution < 1.29 is 22.6 Å². The van der Waals surface area contributed by atoms with Crippen LogP contribution in [-0.4, -0.2) is 50.0 Å². The summed E-state index contributed by atoms with van der Waals surface area (Å²) in [5.41, 5.74) is 0. The lowest BCUT2D eigenvalue weighted by Gasteiger charge is -2.11. The fourth-order valence-corrected chi connectivity index (χ4v) is 2.41. The van der Waals surface area contributed by atoms with Gasteiger partial charge in [0.2, 0.25) is 0 Å². The van der Waals surface area contributed by atoms with Gasteiger partial charge in [-0.25, -0.2) is 0 Å². The van der Waals surface area contributed by atoms with E-state index in [9.17, 15) is 8.42 Å². The van der Waals surface area contributed by atoms with Gasteiger partial charge in [-0.15, -0.1) is 0 Å². The Kier molecular flexibility index (Phi) is 6.56. The Morgan fingerprint density at radius 1 is 1.20 bits per heavy atom. The third-order valence-corrected chi connectivity index (χ3v) is 3.87. The van der Waals surface area contributed by atoms with Crippen molar-refractivity contribution in [3.05, 3.63) is 0 Å². The zero-order chi connectivity index (χ0) is 11.9. The van der Waals surface area contributed by atoms with Crippen LogP contribution >= 0.6 is 0 Å². The Bertz CT molecular complexity index is 261. The van der Waals surface area contributed by atoms with E-state index in [0.717, 1.165) is 0 Å². The molecule has 92 valence electrons. The molecule has 0 atom stereocenters. The fourth-order valence-electron chi connectivity index (χ4n) is 1.05. The molecule has 0 rings (SSSR count). The molecule has 0 unspecified atom stereocenters. The monoisotopic (exact) mass is 257 g/mol. The molecule has 0 heterocycles. The van der Waals surface area contributed by atoms with Gasteiger partial charge in [-0.2, -0.15) is 8.42 Å². The summed E-state index contributed by atoms with van der Waals surface area (Å²) in [5.74, 6) is -0.244. The number of hydrogen-bond acceptors (Lipinski definition) is 5. The molecule has 0 saturated heterocycles. The summed E-state index contributed by atoms with van der Waals surface area (Å²) < 4.78 is 29.0. The van der Waals surface area contributed by atoms with Gasteiger partial charge in [0.15, 0.2) is 0 Å². The highest BCUT2D eigenvalue weighted by Gasteiger charge is 2.19. The highest BCUT2D eigenvalue weighted by Crippen LogP contribution is 2.02. The van der Waals surface area contributed by atoms with Crippen LogP contribution in [-0.2, 0) is 10.1 Å². The molecule has 15 heavy (non-hydrogen) atoms. The molecule has 0 aliphatic heterocycles. The Morgan fingerprint density at radius 2 is 1.73 bits per heavy atom. The van der Waals surface area contributed by atoms with Gasteiger partial charge >= 0.3 is 8.56 Å². The molecule has 0 saturated carbocycles. The van der Waals surface area contributed by atoms with Crippen LogP contribution in [0.5, 0.6) is 0 Å². The van der Waals surface area contributed by atoms with Crippen LogP contribution < -0.4 is 5.32 Å². The van der Waals surface area contributed by atoms with Crippen molar-refractivity contribution in [2.24, 2.45) is 0 Å². The van der Waals surface area contributed by atoms with E-state index in [2.05, 4.69) is 5.32 Å². The second kappa shape index (κ2) is 6.56. The van der Waals surface area contributed by atoms with Gasteiger partial charge in [0.25, 0.3) is 10.1 Å². The Labute approximate surface area is 91.3 Å². The first-order valence-corrected chi connectivity index (χ1v) is 9.02. The SMILES string of the molecule is C[Si](O)(O)CCCNCCCS(=O)(=O)O. The van der Waals surface area contributed by atoms with E-state index in [4.69, 9.17) is 14.1 Å². The van der Waals surface area contributed by atoms with Crippen LogP contribution in [0, 0.1) is 0 Å². The zero-order valence-corrected chi connectivity index (χ0v) is 10.6. The summed E-state index contributed by atoms with van der Waals surface area (Å²) in [6.07, 6.45) is 1.01. The number of rotatable bonds is 8. The molecule has 4 N–H and O–H groups in total. The molecular weight excluding hydrogens is 238 g/mol. The van der Waals surface area contributed by atoms with E-state index in [0.29, 0.717) is 32.0 Å². The van der Waals surface area contributed by atoms with Crippen molar-refractivity contribution in [1.82, 2.24) is 5.32 Å². The van der Waals surface area contributed by atoms with Gasteiger partial charge in [-0.1, -0.05) is 0 Å². The number of nitrogens with one attached hydrogen (secondary N) is 1. The van der Waals surface area contributed by atoms with E-state index in [1.165, 1.54) is 6.55 Å². The van der Waals surface area contributed by atoms with Crippen LogP contribution in [0.2, 0.25) is 12.6 Å². The minimum absolute atomic E-state index is 0.244. The van der Waals surface area contributed by atoms with Gasteiger partial charge in [0.05, 0.1) is 5.75 Å². The highest BCUT2D eigenvalue weighted by molar-refractivity contribution is 7.85. The van der Waals surface area contributed by atoms with Crippen LogP contribution in [0.4, 0.5) is 0 Å². The molecule has 0 bridgehead atoms. The smallest absolute Gasteiger partial charge is 0.329 e. The van der Waals surface area contributed by atoms with Gasteiger partial charge in [-0.05, 0) is 38.5 Å². The van der Waals surface area contributed by atoms with Crippen molar-refractivity contribution in [3.8, 4) is 0 Å². The second-order valence-electron chi connectivity index (χ2n) is 3.71. The van der Waals surface area contributed by atoms with E-state index in [1.54, 1.807) is 0 Å². The van der Waals surface area contributed by atoms with Crippen LogP contribution in [0.15, 0.2) is 0 Å². The predicted octanol–water partition coefficient (Wildman–Crippen LogP) is -0.699. The minimum atomic E-state index is -3.85. The molecule has 0 spiro atoms. The first kappa shape index (κ1) is 15.0. The summed E-state index contributed by atoms with van der Waals surface area (Å²) in [7, 11) is -6.78. The molecule has 0 radical (unpaired) electrons. The molecule has 8 heteroatoms. The fraction of sp³-hybridized carbons (Fsp3) is 1.00. The molecule has 0 aliphatic rings. The second-order valence-corrected chi connectivity index (χ2v) is 8.22. The first-order chi connectivity index (χ1) is 6.71. The van der Waals surface area contributed by atoms with Crippen LogP contribution in [0.3, 0.4) is 0 Å². The molecule has 6 nitrogen and oxygen atoms in total. The van der Waals surface area contributed by atoms with Crippen molar-refractivity contribution in [1.29, 1.82) is 0 Å². The van der Waals surface area contributed by atoms with E-state index >= 15 is 0 Å². The molecule has 0 aromatic rings. The maximum absolute atomic E-state index is 10.3. The van der Waals surface area contributed by atoms with Gasteiger partial charge in [-0.3, -0.25) is 4.55 Å². The molecule has 0 aromatic heterocycles. The quantitative estimate of drug-likeness (QED) is 0.260. The standard InChI is InChI=1S/C7H19NO5SSi/c1-15(12,13)7-3-5-8-4-2-6-14(9,10)11/h8,12-13H,2-7H2,1H3,(H,9,10,11). The average Bonchev–Trinajstić information content (AvgIpc) is 1.98. The summed E-state index contributed by atoms with van der Waals surface area (Å²) in [6, 6.07) is 0.401. The molecule has 0 fully saturated rings. The maximum atomic E-state index is 10.3. The maximum Gasteiger partial charge on any atom is 0.329 e. The van der Waals surface area contributed by atoms with Crippen molar-refractivity contribution in [2.45, 2.75) is 25.4 Å². The summed E-state index contributed by atoms with van der Waals surface area (Å²) >= 11 is 0. The Hall–Kier alpha value is 0.00688. The van der Waals surface area contributed by atoms with E-state index < -0.39 is 18.7 Å². The average molecular weight is 257 g/mol. The van der Waals surface area contributed by atoms with Gasteiger partial charge in [0, 0.05) is 0 Å². The van der Waals surface area contributed by atoms with Gasteiger partial charge in [0.1, 0.15) is 0 Å². The summed E-state index contributed by atoms with van der Waals surface area (Å²) in [4.78, 5) is 18.2. The van der Waals surface area contributed by atoms with E-state index in [-0.39, 0.29) is 5.75 Å². The third kappa shape index (κ3) is 14.0. The van der Waals surface area contributed by atoms with Crippen molar-refractivity contribution >= 4 is 18.7 Å². The van der Waals surface area contributed by atoms with Crippen molar-refractivity contribution in [2.75, 3.05) is 18.8 Å². The Balaban J connectivity index is 3.27. The summed E-state index contributed by atoms with van der Waals surface area (Å²) in [6.45, 7) is 2.56. The predicted molar refractivity (Wildman–Crippen MR) is 59.4 cm³/mol. The van der Waals surface area contributed by atoms with Crippen molar-refractivity contribution in [3.63, 3.8) is 0 Å². The van der Waals surface area contributed by atoms with Crippen LogP contribution in [0.1, 0.15) is 12.8 Å². The summed E-state index contributed by atoms with van der Waals surface area (Å²) in [5, 5.41) is 2.96. The number of hydrogen-bond donors (Lipinski definition) is 4. The lowest BCUT2D eigenvalue weighted by atomic mass is 10.4. The molecular formula is C7H19NO5SSi. The highest BCUT2D eigenvalue weighted by atomic mass is 32.2. The van der Waals surface area contributed by atoms with Gasteiger partial charge < -0.3 is 14.9 Å². The topological polar surface area (TPSA) is 107 Å². The zero-order valence-electron chi connectivity index (χ0n) is 8.81. The lowest BCUT2D eigenvalue weighted by Crippen LogP contribution is -2.31. The van der Waals surface area contributed by atoms with Crippen LogP contribution in [0.25, 0.3) is 0 Å². The minimum Gasteiger partial charge on any atom is -0.411 e. The lowest BCUT2D eigenvalue weighted by molar-refractivity contribution is 0.366. The third-order valence-electron chi connectivity index (χ3n) is 1.76.